The van der Waals surface area contributed by atoms with E-state index >= 15 is 0 Å². The van der Waals surface area contributed by atoms with Crippen LogP contribution < -0.4 is 15.2 Å². The number of morpholine rings is 1. The predicted molar refractivity (Wildman–Crippen MR) is 143 cm³/mol. The normalized spacial score (nSPS) is 15.9. The van der Waals surface area contributed by atoms with Crippen molar-refractivity contribution in [3.8, 4) is 11.3 Å². The zero-order chi connectivity index (χ0) is 25.8. The highest BCUT2D eigenvalue weighted by Gasteiger charge is 2.25. The molecule has 1 atom stereocenters. The largest absolute Gasteiger partial charge is 0.370 e. The van der Waals surface area contributed by atoms with Gasteiger partial charge in [-0.25, -0.2) is 13.4 Å². The average Bonchev–Trinajstić information content (AvgIpc) is 2.91. The highest BCUT2D eigenvalue weighted by molar-refractivity contribution is 7.91. The summed E-state index contributed by atoms with van der Waals surface area (Å²) >= 11 is 0. The second-order valence-corrected chi connectivity index (χ2v) is 10.6. The molecule has 10 heteroatoms. The number of anilines is 2. The van der Waals surface area contributed by atoms with Gasteiger partial charge >= 0.3 is 0 Å². The first-order valence-electron chi connectivity index (χ1n) is 11.9. The number of aromatic nitrogens is 3. The Morgan fingerprint density at radius 3 is 2.49 bits per heavy atom. The lowest BCUT2D eigenvalue weighted by molar-refractivity contribution is 0.0390. The van der Waals surface area contributed by atoms with Crippen LogP contribution in [0, 0.1) is 0 Å². The van der Waals surface area contributed by atoms with Crippen LogP contribution >= 0.6 is 0 Å². The smallest absolute Gasteiger partial charge is 0.255 e. The molecule has 5 rings (SSSR count). The maximum absolute atomic E-state index is 12.7. The number of rotatable bonds is 7. The summed E-state index contributed by atoms with van der Waals surface area (Å²) in [6.07, 6.45) is 3.08. The Balaban J connectivity index is 1.31. The van der Waals surface area contributed by atoms with Crippen LogP contribution in [0.3, 0.4) is 0 Å². The number of pyridine rings is 1. The molecule has 0 unspecified atom stereocenters. The number of nitrogens with one attached hydrogen (secondary N) is 1. The van der Waals surface area contributed by atoms with Gasteiger partial charge in [-0.15, -0.1) is 0 Å². The average molecular weight is 518 g/mol. The van der Waals surface area contributed by atoms with Gasteiger partial charge in [-0.05, 0) is 35.4 Å². The number of benzene rings is 2. The second-order valence-electron chi connectivity index (χ2n) is 8.85. The molecule has 1 N–H and O–H groups in total. The highest BCUT2D eigenvalue weighted by Crippen LogP contribution is 2.27. The van der Waals surface area contributed by atoms with E-state index in [1.54, 1.807) is 43.7 Å². The van der Waals surface area contributed by atoms with Gasteiger partial charge in [0.1, 0.15) is 6.10 Å². The molecule has 2 aromatic heterocycles. The lowest BCUT2D eigenvalue weighted by Crippen LogP contribution is -2.41. The fourth-order valence-electron chi connectivity index (χ4n) is 4.29. The Labute approximate surface area is 215 Å². The Morgan fingerprint density at radius 1 is 1.03 bits per heavy atom. The molecule has 4 aromatic rings. The van der Waals surface area contributed by atoms with Gasteiger partial charge in [0.05, 0.1) is 24.6 Å². The van der Waals surface area contributed by atoms with Crippen LogP contribution in [0.1, 0.15) is 17.2 Å². The van der Waals surface area contributed by atoms with Crippen molar-refractivity contribution >= 4 is 21.7 Å². The van der Waals surface area contributed by atoms with Gasteiger partial charge in [-0.3, -0.25) is 19.1 Å². The van der Waals surface area contributed by atoms with Gasteiger partial charge in [-0.1, -0.05) is 42.5 Å². The minimum atomic E-state index is -3.54. The van der Waals surface area contributed by atoms with Crippen molar-refractivity contribution in [1.82, 2.24) is 14.5 Å². The van der Waals surface area contributed by atoms with Crippen LogP contribution in [0.2, 0.25) is 0 Å². The topological polar surface area (TPSA) is 106 Å². The highest BCUT2D eigenvalue weighted by atomic mass is 32.2. The van der Waals surface area contributed by atoms with Gasteiger partial charge in [0.15, 0.2) is 0 Å². The van der Waals surface area contributed by atoms with Crippen molar-refractivity contribution in [2.24, 2.45) is 7.05 Å². The Morgan fingerprint density at radius 2 is 1.76 bits per heavy atom. The third-order valence-electron chi connectivity index (χ3n) is 6.19. The SMILES string of the molecule is Cn1c(N2CCO[C@@H](c3ccc(NS(=O)(=O)Cc4ccccc4)cc3)C2)nc(-c2ccncc2)cc1=O. The predicted octanol–water partition coefficient (Wildman–Crippen LogP) is 3.36. The molecular weight excluding hydrogens is 490 g/mol. The molecule has 3 heterocycles. The first-order valence-corrected chi connectivity index (χ1v) is 13.5. The van der Waals surface area contributed by atoms with Gasteiger partial charge in [0.25, 0.3) is 5.56 Å². The first kappa shape index (κ1) is 24.7. The molecule has 1 aliphatic rings. The molecule has 0 radical (unpaired) electrons. The molecule has 1 fully saturated rings. The molecule has 1 aliphatic heterocycles. The molecule has 1 saturated heterocycles. The van der Waals surface area contributed by atoms with Crippen LogP contribution in [-0.2, 0) is 27.6 Å². The molecule has 0 saturated carbocycles. The minimum absolute atomic E-state index is 0.0967. The third kappa shape index (κ3) is 5.87. The summed E-state index contributed by atoms with van der Waals surface area (Å²) in [5.74, 6) is 0.471. The van der Waals surface area contributed by atoms with Crippen molar-refractivity contribution in [3.63, 3.8) is 0 Å². The fourth-order valence-corrected chi connectivity index (χ4v) is 5.49. The number of ether oxygens (including phenoxy) is 1. The molecule has 37 heavy (non-hydrogen) atoms. The van der Waals surface area contributed by atoms with Gasteiger partial charge < -0.3 is 9.64 Å². The van der Waals surface area contributed by atoms with Crippen molar-refractivity contribution in [2.75, 3.05) is 29.3 Å². The summed E-state index contributed by atoms with van der Waals surface area (Å²) in [5, 5.41) is 0. The van der Waals surface area contributed by atoms with Crippen molar-refractivity contribution in [1.29, 1.82) is 0 Å². The molecule has 0 amide bonds. The quantitative estimate of drug-likeness (QED) is 0.401. The zero-order valence-corrected chi connectivity index (χ0v) is 21.1. The van der Waals surface area contributed by atoms with Crippen LogP contribution in [0.5, 0.6) is 0 Å². The maximum atomic E-state index is 12.7. The lowest BCUT2D eigenvalue weighted by Gasteiger charge is -2.34. The Kier molecular flexibility index (Phi) is 7.02. The van der Waals surface area contributed by atoms with E-state index in [0.717, 1.165) is 16.7 Å². The van der Waals surface area contributed by atoms with Gasteiger partial charge in [-0.2, -0.15) is 0 Å². The van der Waals surface area contributed by atoms with E-state index in [1.165, 1.54) is 10.6 Å². The standard InChI is InChI=1S/C27H27N5O4S/c1-31-26(33)17-24(21-11-13-28-14-12-21)29-27(31)32-15-16-36-25(18-32)22-7-9-23(10-8-22)30-37(34,35)19-20-5-3-2-4-6-20/h2-14,17,25,30H,15-16,18-19H2,1H3/t25-/m1/s1. The Hall–Kier alpha value is -4.02. The van der Waals surface area contributed by atoms with Crippen LogP contribution in [-0.4, -0.2) is 42.6 Å². The van der Waals surface area contributed by atoms with E-state index < -0.39 is 10.0 Å². The summed E-state index contributed by atoms with van der Waals surface area (Å²) in [7, 11) is -1.83. The lowest BCUT2D eigenvalue weighted by atomic mass is 10.1. The number of nitrogens with zero attached hydrogens (tertiary/aromatic N) is 4. The molecule has 190 valence electrons. The molecule has 0 spiro atoms. The van der Waals surface area contributed by atoms with E-state index in [-0.39, 0.29) is 17.4 Å². The summed E-state index contributed by atoms with van der Waals surface area (Å²) in [5.41, 5.74) is 3.39. The van der Waals surface area contributed by atoms with Crippen LogP contribution in [0.15, 0.2) is 90.0 Å². The molecule has 2 aromatic carbocycles. The summed E-state index contributed by atoms with van der Waals surface area (Å²) < 4.78 is 35.3. The monoisotopic (exact) mass is 517 g/mol. The number of sulfonamides is 1. The molecule has 0 bridgehead atoms. The van der Waals surface area contributed by atoms with Gasteiger partial charge in [0.2, 0.25) is 16.0 Å². The van der Waals surface area contributed by atoms with Crippen LogP contribution in [0.25, 0.3) is 11.3 Å². The van der Waals surface area contributed by atoms with E-state index in [9.17, 15) is 13.2 Å². The maximum Gasteiger partial charge on any atom is 0.255 e. The van der Waals surface area contributed by atoms with Crippen LogP contribution in [0.4, 0.5) is 11.6 Å². The second kappa shape index (κ2) is 10.5. The number of hydrogen-bond acceptors (Lipinski definition) is 7. The Bertz CT molecular complexity index is 1530. The van der Waals surface area contributed by atoms with E-state index in [0.29, 0.717) is 37.0 Å². The van der Waals surface area contributed by atoms with Gasteiger partial charge in [0, 0.05) is 43.3 Å². The minimum Gasteiger partial charge on any atom is -0.370 e. The molecule has 0 aliphatic carbocycles. The van der Waals surface area contributed by atoms with E-state index in [1.807, 2.05) is 47.4 Å². The zero-order valence-electron chi connectivity index (χ0n) is 20.3. The fraction of sp³-hybridized carbons (Fsp3) is 0.222. The molecular formula is C27H27N5O4S. The van der Waals surface area contributed by atoms with Crippen molar-refractivity contribution in [3.05, 3.63) is 107 Å². The van der Waals surface area contributed by atoms with Crippen molar-refractivity contribution in [2.45, 2.75) is 11.9 Å². The van der Waals surface area contributed by atoms with E-state index in [4.69, 9.17) is 9.72 Å². The molecule has 9 nitrogen and oxygen atoms in total. The van der Waals surface area contributed by atoms with Crippen molar-refractivity contribution < 1.29 is 13.2 Å². The third-order valence-corrected chi connectivity index (χ3v) is 7.45. The summed E-state index contributed by atoms with van der Waals surface area (Å²) in [6, 6.07) is 21.4. The summed E-state index contributed by atoms with van der Waals surface area (Å²) in [4.78, 5) is 23.5. The first-order chi connectivity index (χ1) is 17.9. The van der Waals surface area contributed by atoms with E-state index in [2.05, 4.69) is 9.71 Å². The summed E-state index contributed by atoms with van der Waals surface area (Å²) in [6.45, 7) is 1.55. The number of hydrogen-bond donors (Lipinski definition) is 1.